The van der Waals surface area contributed by atoms with E-state index in [4.69, 9.17) is 0 Å². The zero-order valence-corrected chi connectivity index (χ0v) is 17.8. The Hall–Kier alpha value is -2.99. The molecule has 0 saturated carbocycles. The van der Waals surface area contributed by atoms with Crippen LogP contribution >= 0.6 is 11.3 Å². The zero-order chi connectivity index (χ0) is 20.7. The summed E-state index contributed by atoms with van der Waals surface area (Å²) < 4.78 is 3.30. The molecule has 2 heterocycles. The standard InChI is InChI=1S/C23H23N3O2S/c1-5-17(22(27)24-20-13(2)9-8-10-14(20)3)26-23(28)19-16-11-6-7-12-18(16)29-21(19)15(4)25-26/h6-12,17H,5H2,1-4H3,(H,24,27)/t17-/m0/s1. The molecule has 4 rings (SSSR count). The minimum absolute atomic E-state index is 0.216. The van der Waals surface area contributed by atoms with E-state index in [9.17, 15) is 9.59 Å². The minimum atomic E-state index is -0.678. The van der Waals surface area contributed by atoms with Crippen molar-refractivity contribution in [2.45, 2.75) is 40.2 Å². The van der Waals surface area contributed by atoms with Crippen LogP contribution < -0.4 is 10.9 Å². The molecule has 0 aliphatic heterocycles. The smallest absolute Gasteiger partial charge is 0.276 e. The molecule has 0 unspecified atom stereocenters. The molecule has 0 saturated heterocycles. The van der Waals surface area contributed by atoms with Gasteiger partial charge in [-0.3, -0.25) is 9.59 Å². The average Bonchev–Trinajstić information content (AvgIpc) is 3.10. The summed E-state index contributed by atoms with van der Waals surface area (Å²) in [5.74, 6) is -0.224. The van der Waals surface area contributed by atoms with Gasteiger partial charge in [0.05, 0.1) is 15.8 Å². The third-order valence-electron chi connectivity index (χ3n) is 5.32. The molecule has 0 bridgehead atoms. The first-order valence-electron chi connectivity index (χ1n) is 9.70. The SMILES string of the molecule is CC[C@@H](C(=O)Nc1c(C)cccc1C)n1nc(C)c2sc3ccccc3c2c1=O. The molecule has 6 heteroatoms. The first-order valence-corrected chi connectivity index (χ1v) is 10.5. The van der Waals surface area contributed by atoms with Crippen LogP contribution in [0.25, 0.3) is 20.2 Å². The summed E-state index contributed by atoms with van der Waals surface area (Å²) in [7, 11) is 0. The van der Waals surface area contributed by atoms with Crippen LogP contribution in [-0.2, 0) is 4.79 Å². The zero-order valence-electron chi connectivity index (χ0n) is 16.9. The van der Waals surface area contributed by atoms with Crippen molar-refractivity contribution in [1.82, 2.24) is 9.78 Å². The first kappa shape index (κ1) is 19.3. The number of benzene rings is 2. The molecule has 1 atom stereocenters. The summed E-state index contributed by atoms with van der Waals surface area (Å²) in [5.41, 5.74) is 3.32. The second-order valence-corrected chi connectivity index (χ2v) is 8.37. The Balaban J connectivity index is 1.83. The van der Waals surface area contributed by atoms with Gasteiger partial charge in [0, 0.05) is 15.8 Å². The third kappa shape index (κ3) is 3.23. The number of amides is 1. The van der Waals surface area contributed by atoms with E-state index in [2.05, 4.69) is 10.4 Å². The number of thiophene rings is 1. The summed E-state index contributed by atoms with van der Waals surface area (Å²) in [6, 6.07) is 13.1. The molecule has 0 radical (unpaired) electrons. The summed E-state index contributed by atoms with van der Waals surface area (Å²) in [5, 5.41) is 9.11. The molecular weight excluding hydrogens is 382 g/mol. The van der Waals surface area contributed by atoms with E-state index >= 15 is 0 Å². The van der Waals surface area contributed by atoms with E-state index in [1.807, 2.05) is 70.2 Å². The number of carbonyl (C=O) groups excluding carboxylic acids is 1. The monoisotopic (exact) mass is 405 g/mol. The first-order chi connectivity index (χ1) is 13.9. The number of rotatable bonds is 4. The van der Waals surface area contributed by atoms with E-state index in [0.29, 0.717) is 11.8 Å². The number of hydrogen-bond donors (Lipinski definition) is 1. The van der Waals surface area contributed by atoms with Gasteiger partial charge in [0.15, 0.2) is 0 Å². The van der Waals surface area contributed by atoms with Gasteiger partial charge in [0.1, 0.15) is 6.04 Å². The second kappa shape index (κ2) is 7.44. The van der Waals surface area contributed by atoms with Gasteiger partial charge in [-0.25, -0.2) is 4.68 Å². The maximum Gasteiger partial charge on any atom is 0.276 e. The number of para-hydroxylation sites is 1. The Morgan fingerprint density at radius 2 is 1.79 bits per heavy atom. The van der Waals surface area contributed by atoms with Crippen molar-refractivity contribution < 1.29 is 4.79 Å². The lowest BCUT2D eigenvalue weighted by atomic mass is 10.1. The van der Waals surface area contributed by atoms with Gasteiger partial charge >= 0.3 is 0 Å². The van der Waals surface area contributed by atoms with Crippen molar-refractivity contribution in [2.75, 3.05) is 5.32 Å². The van der Waals surface area contributed by atoms with Gasteiger partial charge in [0.25, 0.3) is 5.56 Å². The number of aryl methyl sites for hydroxylation is 3. The van der Waals surface area contributed by atoms with E-state index in [0.717, 1.165) is 37.3 Å². The Bertz CT molecular complexity index is 1280. The van der Waals surface area contributed by atoms with Crippen LogP contribution in [0.5, 0.6) is 0 Å². The molecule has 148 valence electrons. The fraction of sp³-hybridized carbons (Fsp3) is 0.261. The lowest BCUT2D eigenvalue weighted by Gasteiger charge is -2.19. The Labute approximate surface area is 173 Å². The fourth-order valence-electron chi connectivity index (χ4n) is 3.78. The van der Waals surface area contributed by atoms with Crippen LogP contribution in [0.4, 0.5) is 5.69 Å². The van der Waals surface area contributed by atoms with E-state index in [1.54, 1.807) is 11.3 Å². The topological polar surface area (TPSA) is 64.0 Å². The molecule has 0 aliphatic rings. The van der Waals surface area contributed by atoms with Crippen molar-refractivity contribution in [3.05, 3.63) is 69.6 Å². The van der Waals surface area contributed by atoms with Gasteiger partial charge in [0.2, 0.25) is 5.91 Å². The highest BCUT2D eigenvalue weighted by atomic mass is 32.1. The van der Waals surface area contributed by atoms with Crippen molar-refractivity contribution in [1.29, 1.82) is 0 Å². The predicted molar refractivity (Wildman–Crippen MR) is 120 cm³/mol. The van der Waals surface area contributed by atoms with Gasteiger partial charge in [-0.1, -0.05) is 43.3 Å². The van der Waals surface area contributed by atoms with E-state index < -0.39 is 6.04 Å². The van der Waals surface area contributed by atoms with Gasteiger partial charge in [-0.2, -0.15) is 5.10 Å². The summed E-state index contributed by atoms with van der Waals surface area (Å²) in [6.45, 7) is 7.71. The molecule has 0 spiro atoms. The van der Waals surface area contributed by atoms with Crippen molar-refractivity contribution in [3.8, 4) is 0 Å². The summed E-state index contributed by atoms with van der Waals surface area (Å²) >= 11 is 1.57. The normalized spacial score (nSPS) is 12.4. The molecular formula is C23H23N3O2S. The van der Waals surface area contributed by atoms with Gasteiger partial charge in [-0.15, -0.1) is 11.3 Å². The van der Waals surface area contributed by atoms with Crippen LogP contribution in [0, 0.1) is 20.8 Å². The number of nitrogens with zero attached hydrogens (tertiary/aromatic N) is 2. The molecule has 0 fully saturated rings. The van der Waals surface area contributed by atoms with Crippen LogP contribution in [-0.4, -0.2) is 15.7 Å². The van der Waals surface area contributed by atoms with Crippen molar-refractivity contribution in [2.24, 2.45) is 0 Å². The van der Waals surface area contributed by atoms with E-state index in [-0.39, 0.29) is 11.5 Å². The molecule has 4 aromatic rings. The Kier molecular flexibility index (Phi) is 4.96. The summed E-state index contributed by atoms with van der Waals surface area (Å²) in [4.78, 5) is 26.5. The molecule has 1 N–H and O–H groups in total. The van der Waals surface area contributed by atoms with Gasteiger partial charge < -0.3 is 5.32 Å². The van der Waals surface area contributed by atoms with Crippen LogP contribution in [0.3, 0.4) is 0 Å². The lowest BCUT2D eigenvalue weighted by molar-refractivity contribution is -0.119. The van der Waals surface area contributed by atoms with Crippen LogP contribution in [0.2, 0.25) is 0 Å². The highest BCUT2D eigenvalue weighted by Gasteiger charge is 2.25. The molecule has 29 heavy (non-hydrogen) atoms. The number of carbonyl (C=O) groups is 1. The number of hydrogen-bond acceptors (Lipinski definition) is 4. The number of fused-ring (bicyclic) bond motifs is 3. The molecule has 0 aliphatic carbocycles. The Morgan fingerprint density at radius 3 is 2.48 bits per heavy atom. The molecule has 5 nitrogen and oxygen atoms in total. The van der Waals surface area contributed by atoms with Crippen LogP contribution in [0.1, 0.15) is 36.2 Å². The third-order valence-corrected chi connectivity index (χ3v) is 6.60. The van der Waals surface area contributed by atoms with Crippen molar-refractivity contribution in [3.63, 3.8) is 0 Å². The summed E-state index contributed by atoms with van der Waals surface area (Å²) in [6.07, 6.45) is 0.469. The van der Waals surface area contributed by atoms with Gasteiger partial charge in [-0.05, 0) is 44.4 Å². The maximum atomic E-state index is 13.4. The number of aromatic nitrogens is 2. The number of nitrogens with one attached hydrogen (secondary N) is 1. The lowest BCUT2D eigenvalue weighted by Crippen LogP contribution is -2.35. The highest BCUT2D eigenvalue weighted by molar-refractivity contribution is 7.26. The second-order valence-electron chi connectivity index (χ2n) is 7.32. The predicted octanol–water partition coefficient (Wildman–Crippen LogP) is 5.13. The van der Waals surface area contributed by atoms with E-state index in [1.165, 1.54) is 4.68 Å². The average molecular weight is 406 g/mol. The quantitative estimate of drug-likeness (QED) is 0.512. The Morgan fingerprint density at radius 1 is 1.10 bits per heavy atom. The molecule has 1 amide bonds. The minimum Gasteiger partial charge on any atom is -0.324 e. The fourth-order valence-corrected chi connectivity index (χ4v) is 4.91. The van der Waals surface area contributed by atoms with Crippen molar-refractivity contribution >= 4 is 43.1 Å². The highest BCUT2D eigenvalue weighted by Crippen LogP contribution is 2.33. The largest absolute Gasteiger partial charge is 0.324 e. The van der Waals surface area contributed by atoms with Crippen LogP contribution in [0.15, 0.2) is 47.3 Å². The molecule has 2 aromatic heterocycles. The molecule has 2 aromatic carbocycles. The maximum absolute atomic E-state index is 13.4. The number of anilines is 1.